The fourth-order valence-electron chi connectivity index (χ4n) is 2.86. The van der Waals surface area contributed by atoms with E-state index in [2.05, 4.69) is 18.9 Å². The van der Waals surface area contributed by atoms with Crippen molar-refractivity contribution in [3.8, 4) is 0 Å². The summed E-state index contributed by atoms with van der Waals surface area (Å²) in [4.78, 5) is 2.59. The Morgan fingerprint density at radius 1 is 1.06 bits per heavy atom. The Labute approximate surface area is 102 Å². The van der Waals surface area contributed by atoms with Crippen molar-refractivity contribution in [1.82, 2.24) is 4.90 Å². The minimum Gasteiger partial charge on any atom is -0.330 e. The maximum atomic E-state index is 5.51. The van der Waals surface area contributed by atoms with Crippen LogP contribution in [-0.4, -0.2) is 31.1 Å². The molecule has 1 saturated carbocycles. The summed E-state index contributed by atoms with van der Waals surface area (Å²) in [6, 6.07) is 0.862. The van der Waals surface area contributed by atoms with E-state index >= 15 is 0 Å². The van der Waals surface area contributed by atoms with Gasteiger partial charge >= 0.3 is 0 Å². The first-order chi connectivity index (χ1) is 7.77. The standard InChI is InChI=1S/C14H30N2/c1-3-13-7-9-14(10-8-13)16(2)12-6-4-5-11-15/h13-14H,3-12,15H2,1-2H3. The van der Waals surface area contributed by atoms with Crippen molar-refractivity contribution < 1.29 is 0 Å². The average Bonchev–Trinajstić information content (AvgIpc) is 2.34. The minimum absolute atomic E-state index is 0.853. The van der Waals surface area contributed by atoms with Gasteiger partial charge in [-0.25, -0.2) is 0 Å². The number of rotatable bonds is 7. The van der Waals surface area contributed by atoms with Crippen LogP contribution in [0.3, 0.4) is 0 Å². The molecule has 0 heterocycles. The van der Waals surface area contributed by atoms with Crippen LogP contribution in [0.4, 0.5) is 0 Å². The number of hydrogen-bond acceptors (Lipinski definition) is 2. The molecule has 0 spiro atoms. The second-order valence-corrected chi connectivity index (χ2v) is 5.41. The quantitative estimate of drug-likeness (QED) is 0.676. The highest BCUT2D eigenvalue weighted by atomic mass is 15.1. The zero-order valence-corrected chi connectivity index (χ0v) is 11.3. The molecular formula is C14H30N2. The number of nitrogens with zero attached hydrogens (tertiary/aromatic N) is 1. The molecule has 96 valence electrons. The predicted octanol–water partition coefficient (Wildman–Crippen LogP) is 3.02. The van der Waals surface area contributed by atoms with Gasteiger partial charge in [0.1, 0.15) is 0 Å². The molecule has 0 aromatic rings. The molecule has 0 aromatic heterocycles. The first-order valence-corrected chi connectivity index (χ1v) is 7.18. The molecule has 1 rings (SSSR count). The van der Waals surface area contributed by atoms with Gasteiger partial charge in [-0.15, -0.1) is 0 Å². The molecule has 2 heteroatoms. The lowest BCUT2D eigenvalue weighted by Crippen LogP contribution is -2.35. The fraction of sp³-hybridized carbons (Fsp3) is 1.00. The van der Waals surface area contributed by atoms with Crippen LogP contribution < -0.4 is 5.73 Å². The highest BCUT2D eigenvalue weighted by Gasteiger charge is 2.22. The van der Waals surface area contributed by atoms with Gasteiger partial charge in [0.05, 0.1) is 0 Å². The van der Waals surface area contributed by atoms with Crippen LogP contribution in [0.5, 0.6) is 0 Å². The maximum Gasteiger partial charge on any atom is 0.00924 e. The van der Waals surface area contributed by atoms with Crippen LogP contribution in [0.15, 0.2) is 0 Å². The van der Waals surface area contributed by atoms with Gasteiger partial charge in [0.15, 0.2) is 0 Å². The Morgan fingerprint density at radius 2 is 1.75 bits per heavy atom. The molecule has 0 amide bonds. The van der Waals surface area contributed by atoms with Gasteiger partial charge < -0.3 is 10.6 Å². The topological polar surface area (TPSA) is 29.3 Å². The lowest BCUT2D eigenvalue weighted by Gasteiger charge is -2.34. The third kappa shape index (κ3) is 4.84. The smallest absolute Gasteiger partial charge is 0.00924 e. The molecular weight excluding hydrogens is 196 g/mol. The number of hydrogen-bond donors (Lipinski definition) is 1. The van der Waals surface area contributed by atoms with Gasteiger partial charge in [0, 0.05) is 6.04 Å². The molecule has 1 fully saturated rings. The summed E-state index contributed by atoms with van der Waals surface area (Å²) in [6.45, 7) is 4.45. The van der Waals surface area contributed by atoms with E-state index in [1.807, 2.05) is 0 Å². The van der Waals surface area contributed by atoms with E-state index < -0.39 is 0 Å². The van der Waals surface area contributed by atoms with Gasteiger partial charge in [-0.3, -0.25) is 0 Å². The van der Waals surface area contributed by atoms with Crippen LogP contribution in [-0.2, 0) is 0 Å². The van der Waals surface area contributed by atoms with Gasteiger partial charge in [-0.05, 0) is 64.6 Å². The Morgan fingerprint density at radius 3 is 2.31 bits per heavy atom. The molecule has 1 aliphatic rings. The summed E-state index contributed by atoms with van der Waals surface area (Å²) in [5.74, 6) is 1.02. The Kier molecular flexibility index (Phi) is 7.06. The summed E-state index contributed by atoms with van der Waals surface area (Å²) < 4.78 is 0. The average molecular weight is 226 g/mol. The van der Waals surface area contributed by atoms with E-state index in [0.29, 0.717) is 0 Å². The Bertz CT molecular complexity index is 162. The molecule has 1 aliphatic carbocycles. The zero-order valence-electron chi connectivity index (χ0n) is 11.3. The third-order valence-electron chi connectivity index (χ3n) is 4.23. The van der Waals surface area contributed by atoms with Crippen LogP contribution in [0.1, 0.15) is 58.3 Å². The van der Waals surface area contributed by atoms with Crippen molar-refractivity contribution in [2.75, 3.05) is 20.1 Å². The Balaban J connectivity index is 2.10. The summed E-state index contributed by atoms with van der Waals surface area (Å²) >= 11 is 0. The molecule has 0 atom stereocenters. The molecule has 0 unspecified atom stereocenters. The highest BCUT2D eigenvalue weighted by Crippen LogP contribution is 2.28. The second kappa shape index (κ2) is 8.08. The second-order valence-electron chi connectivity index (χ2n) is 5.41. The van der Waals surface area contributed by atoms with Crippen molar-refractivity contribution in [3.63, 3.8) is 0 Å². The molecule has 0 bridgehead atoms. The van der Waals surface area contributed by atoms with E-state index in [1.165, 1.54) is 57.9 Å². The van der Waals surface area contributed by atoms with E-state index in [9.17, 15) is 0 Å². The summed E-state index contributed by atoms with van der Waals surface area (Å²) in [5, 5.41) is 0. The van der Waals surface area contributed by atoms with Crippen LogP contribution in [0.2, 0.25) is 0 Å². The van der Waals surface area contributed by atoms with Crippen molar-refractivity contribution in [2.24, 2.45) is 11.7 Å². The molecule has 0 radical (unpaired) electrons. The van der Waals surface area contributed by atoms with E-state index in [-0.39, 0.29) is 0 Å². The number of unbranched alkanes of at least 4 members (excludes halogenated alkanes) is 2. The first-order valence-electron chi connectivity index (χ1n) is 7.18. The van der Waals surface area contributed by atoms with Gasteiger partial charge in [-0.2, -0.15) is 0 Å². The van der Waals surface area contributed by atoms with Gasteiger partial charge in [0.2, 0.25) is 0 Å². The van der Waals surface area contributed by atoms with Crippen molar-refractivity contribution in [2.45, 2.75) is 64.3 Å². The van der Waals surface area contributed by atoms with Crippen LogP contribution in [0.25, 0.3) is 0 Å². The summed E-state index contributed by atoms with van der Waals surface area (Å²) in [6.07, 6.45) is 10.9. The minimum atomic E-state index is 0.853. The van der Waals surface area contributed by atoms with Gasteiger partial charge in [0.25, 0.3) is 0 Å². The summed E-state index contributed by atoms with van der Waals surface area (Å²) in [7, 11) is 2.30. The number of nitrogens with two attached hydrogens (primary N) is 1. The van der Waals surface area contributed by atoms with E-state index in [4.69, 9.17) is 5.73 Å². The Hall–Kier alpha value is -0.0800. The fourth-order valence-corrected chi connectivity index (χ4v) is 2.86. The van der Waals surface area contributed by atoms with Gasteiger partial charge in [-0.1, -0.05) is 19.8 Å². The molecule has 2 nitrogen and oxygen atoms in total. The molecule has 0 aromatic carbocycles. The van der Waals surface area contributed by atoms with Crippen molar-refractivity contribution in [1.29, 1.82) is 0 Å². The van der Waals surface area contributed by atoms with E-state index in [1.54, 1.807) is 0 Å². The molecule has 2 N–H and O–H groups in total. The monoisotopic (exact) mass is 226 g/mol. The van der Waals surface area contributed by atoms with Crippen LogP contribution >= 0.6 is 0 Å². The highest BCUT2D eigenvalue weighted by molar-refractivity contribution is 4.77. The largest absolute Gasteiger partial charge is 0.330 e. The predicted molar refractivity (Wildman–Crippen MR) is 71.6 cm³/mol. The summed E-state index contributed by atoms with van der Waals surface area (Å²) in [5.41, 5.74) is 5.51. The third-order valence-corrected chi connectivity index (χ3v) is 4.23. The van der Waals surface area contributed by atoms with Crippen molar-refractivity contribution in [3.05, 3.63) is 0 Å². The van der Waals surface area contributed by atoms with Crippen molar-refractivity contribution >= 4 is 0 Å². The first kappa shape index (κ1) is 14.0. The lowest BCUT2D eigenvalue weighted by molar-refractivity contribution is 0.161. The molecule has 0 saturated heterocycles. The lowest BCUT2D eigenvalue weighted by atomic mass is 9.84. The van der Waals surface area contributed by atoms with E-state index in [0.717, 1.165) is 18.5 Å². The normalized spacial score (nSPS) is 26.2. The molecule has 0 aliphatic heterocycles. The molecule has 16 heavy (non-hydrogen) atoms. The van der Waals surface area contributed by atoms with Crippen LogP contribution in [0, 0.1) is 5.92 Å². The SMILES string of the molecule is CCC1CCC(N(C)CCCCCN)CC1. The maximum absolute atomic E-state index is 5.51. The zero-order chi connectivity index (χ0) is 11.8.